The number of halogens is 1. The van der Waals surface area contributed by atoms with Crippen LogP contribution < -0.4 is 4.90 Å². The Morgan fingerprint density at radius 2 is 2.05 bits per heavy atom. The van der Waals surface area contributed by atoms with Gasteiger partial charge in [0.05, 0.1) is 16.7 Å². The van der Waals surface area contributed by atoms with Crippen LogP contribution in [0.3, 0.4) is 0 Å². The monoisotopic (exact) mass is 267 g/mol. The molecule has 0 bridgehead atoms. The lowest BCUT2D eigenvalue weighted by Gasteiger charge is -2.22. The van der Waals surface area contributed by atoms with Crippen LogP contribution in [0.5, 0.6) is 0 Å². The predicted molar refractivity (Wildman–Crippen MR) is 67.5 cm³/mol. The number of hydrogen-bond acceptors (Lipinski definition) is 4. The van der Waals surface area contributed by atoms with Gasteiger partial charge in [0.25, 0.3) is 5.69 Å². The Labute approximate surface area is 109 Å². The van der Waals surface area contributed by atoms with E-state index in [1.807, 2.05) is 0 Å². The lowest BCUT2D eigenvalue weighted by Crippen LogP contribution is -2.30. The molecule has 7 heteroatoms. The number of amides is 1. The summed E-state index contributed by atoms with van der Waals surface area (Å²) in [5, 5.41) is 10.6. The van der Waals surface area contributed by atoms with Gasteiger partial charge in [-0.3, -0.25) is 14.9 Å². The van der Waals surface area contributed by atoms with Crippen LogP contribution in [0, 0.1) is 15.9 Å². The second-order valence-electron chi connectivity index (χ2n) is 4.45. The maximum Gasteiger partial charge on any atom is 0.272 e. The molecule has 0 aliphatic carbocycles. The van der Waals surface area contributed by atoms with Gasteiger partial charge in [0, 0.05) is 39.2 Å². The molecule has 6 nitrogen and oxygen atoms in total. The molecule has 1 aromatic carbocycles. The number of nitrogens with zero attached hydrogens (tertiary/aromatic N) is 3. The van der Waals surface area contributed by atoms with E-state index in [1.165, 1.54) is 12.1 Å². The highest BCUT2D eigenvalue weighted by Crippen LogP contribution is 2.25. The van der Waals surface area contributed by atoms with E-state index in [-0.39, 0.29) is 11.6 Å². The van der Waals surface area contributed by atoms with Gasteiger partial charge in [-0.1, -0.05) is 0 Å². The Hall–Kier alpha value is -2.18. The second-order valence-corrected chi connectivity index (χ2v) is 4.45. The highest BCUT2D eigenvalue weighted by molar-refractivity contribution is 5.77. The average Bonchev–Trinajstić information content (AvgIpc) is 2.53. The van der Waals surface area contributed by atoms with Crippen LogP contribution in [-0.4, -0.2) is 42.4 Å². The third-order valence-corrected chi connectivity index (χ3v) is 3.21. The van der Waals surface area contributed by atoms with Crippen molar-refractivity contribution in [2.24, 2.45) is 0 Å². The largest absolute Gasteiger partial charge is 0.367 e. The molecule has 19 heavy (non-hydrogen) atoms. The highest BCUT2D eigenvalue weighted by Gasteiger charge is 2.21. The van der Waals surface area contributed by atoms with Crippen molar-refractivity contribution in [3.05, 3.63) is 34.1 Å². The molecule has 1 fully saturated rings. The number of rotatable bonds is 2. The van der Waals surface area contributed by atoms with Crippen LogP contribution in [0.25, 0.3) is 0 Å². The fourth-order valence-electron chi connectivity index (χ4n) is 2.04. The van der Waals surface area contributed by atoms with Gasteiger partial charge >= 0.3 is 0 Å². The quantitative estimate of drug-likeness (QED) is 0.600. The molecule has 1 aliphatic heterocycles. The molecular formula is C12H14FN3O3. The number of benzene rings is 1. The lowest BCUT2D eigenvalue weighted by molar-refractivity contribution is -0.385. The highest BCUT2D eigenvalue weighted by atomic mass is 19.1. The SMILES string of the molecule is CN1CCN(c2ccc([N+](=O)[O-])cc2F)CCC1=O. The summed E-state index contributed by atoms with van der Waals surface area (Å²) in [5.74, 6) is -0.615. The smallest absolute Gasteiger partial charge is 0.272 e. The number of nitro benzene ring substituents is 1. The van der Waals surface area contributed by atoms with E-state index in [9.17, 15) is 19.3 Å². The first-order chi connectivity index (χ1) is 8.99. The molecule has 2 rings (SSSR count). The zero-order valence-corrected chi connectivity index (χ0v) is 10.5. The molecule has 0 aromatic heterocycles. The molecule has 0 spiro atoms. The van der Waals surface area contributed by atoms with E-state index in [1.54, 1.807) is 16.8 Å². The molecule has 0 radical (unpaired) electrons. The van der Waals surface area contributed by atoms with E-state index in [0.29, 0.717) is 31.7 Å². The summed E-state index contributed by atoms with van der Waals surface area (Å²) >= 11 is 0. The van der Waals surface area contributed by atoms with Gasteiger partial charge in [0.15, 0.2) is 5.82 Å². The first kappa shape index (κ1) is 13.3. The standard InChI is InChI=1S/C12H14FN3O3/c1-14-6-7-15(5-4-12(14)17)11-3-2-9(16(18)19)8-10(11)13/h2-3,8H,4-7H2,1H3. The normalized spacial score (nSPS) is 16.4. The van der Waals surface area contributed by atoms with Crippen molar-refractivity contribution in [1.82, 2.24) is 4.90 Å². The number of likely N-dealkylation sites (N-methyl/N-ethyl adjacent to an activating group) is 1. The van der Waals surface area contributed by atoms with Crippen molar-refractivity contribution in [2.45, 2.75) is 6.42 Å². The fourth-order valence-corrected chi connectivity index (χ4v) is 2.04. The Balaban J connectivity index is 2.22. The first-order valence-electron chi connectivity index (χ1n) is 5.92. The summed E-state index contributed by atoms with van der Waals surface area (Å²) in [7, 11) is 1.71. The number of anilines is 1. The Bertz CT molecular complexity index is 521. The van der Waals surface area contributed by atoms with Crippen molar-refractivity contribution in [3.63, 3.8) is 0 Å². The second kappa shape index (κ2) is 5.21. The molecule has 1 aromatic rings. The van der Waals surface area contributed by atoms with Gasteiger partial charge in [-0.25, -0.2) is 4.39 Å². The van der Waals surface area contributed by atoms with Crippen LogP contribution in [0.4, 0.5) is 15.8 Å². The minimum atomic E-state index is -0.633. The molecule has 1 aliphatic rings. The molecule has 102 valence electrons. The number of nitro groups is 1. The summed E-state index contributed by atoms with van der Waals surface area (Å²) < 4.78 is 13.9. The summed E-state index contributed by atoms with van der Waals surface area (Å²) in [6.07, 6.45) is 0.312. The van der Waals surface area contributed by atoms with Crippen molar-refractivity contribution in [3.8, 4) is 0 Å². The first-order valence-corrected chi connectivity index (χ1v) is 5.92. The topological polar surface area (TPSA) is 66.7 Å². The zero-order valence-electron chi connectivity index (χ0n) is 10.5. The van der Waals surface area contributed by atoms with Crippen LogP contribution in [0.2, 0.25) is 0 Å². The van der Waals surface area contributed by atoms with Crippen LogP contribution in [0.1, 0.15) is 6.42 Å². The van der Waals surface area contributed by atoms with Crippen molar-refractivity contribution in [1.29, 1.82) is 0 Å². The van der Waals surface area contributed by atoms with Crippen molar-refractivity contribution in [2.75, 3.05) is 31.6 Å². The minimum Gasteiger partial charge on any atom is -0.367 e. The number of carbonyl (C=O) groups is 1. The fraction of sp³-hybridized carbons (Fsp3) is 0.417. The molecule has 0 N–H and O–H groups in total. The maximum atomic E-state index is 13.9. The maximum absolute atomic E-state index is 13.9. The van der Waals surface area contributed by atoms with Gasteiger partial charge in [0.1, 0.15) is 0 Å². The molecule has 0 saturated carbocycles. The third-order valence-electron chi connectivity index (χ3n) is 3.21. The average molecular weight is 267 g/mol. The van der Waals surface area contributed by atoms with Gasteiger partial charge in [-0.2, -0.15) is 0 Å². The molecule has 0 unspecified atom stereocenters. The molecule has 1 heterocycles. The van der Waals surface area contributed by atoms with Gasteiger partial charge in [-0.05, 0) is 6.07 Å². The van der Waals surface area contributed by atoms with Crippen molar-refractivity contribution < 1.29 is 14.1 Å². The molecular weight excluding hydrogens is 253 g/mol. The van der Waals surface area contributed by atoms with Crippen LogP contribution >= 0.6 is 0 Å². The van der Waals surface area contributed by atoms with E-state index in [4.69, 9.17) is 0 Å². The Morgan fingerprint density at radius 1 is 1.32 bits per heavy atom. The summed E-state index contributed by atoms with van der Waals surface area (Å²) in [6.45, 7) is 1.43. The van der Waals surface area contributed by atoms with E-state index in [2.05, 4.69) is 0 Å². The summed E-state index contributed by atoms with van der Waals surface area (Å²) in [6, 6.07) is 3.57. The summed E-state index contributed by atoms with van der Waals surface area (Å²) in [5.41, 5.74) is 0.0259. The number of carbonyl (C=O) groups excluding carboxylic acids is 1. The van der Waals surface area contributed by atoms with Crippen LogP contribution in [0.15, 0.2) is 18.2 Å². The van der Waals surface area contributed by atoms with Gasteiger partial charge in [-0.15, -0.1) is 0 Å². The van der Waals surface area contributed by atoms with Crippen LogP contribution in [-0.2, 0) is 4.79 Å². The summed E-state index contributed by atoms with van der Waals surface area (Å²) in [4.78, 5) is 24.8. The van der Waals surface area contributed by atoms with E-state index < -0.39 is 10.7 Å². The number of hydrogen-bond donors (Lipinski definition) is 0. The van der Waals surface area contributed by atoms with E-state index >= 15 is 0 Å². The van der Waals surface area contributed by atoms with E-state index in [0.717, 1.165) is 6.07 Å². The minimum absolute atomic E-state index is 0.0184. The Morgan fingerprint density at radius 3 is 2.68 bits per heavy atom. The number of non-ortho nitro benzene ring substituents is 1. The van der Waals surface area contributed by atoms with Gasteiger partial charge in [0.2, 0.25) is 5.91 Å². The predicted octanol–water partition coefficient (Wildman–Crippen LogP) is 1.40. The Kier molecular flexibility index (Phi) is 3.64. The lowest BCUT2D eigenvalue weighted by atomic mass is 10.2. The van der Waals surface area contributed by atoms with Gasteiger partial charge < -0.3 is 9.80 Å². The zero-order chi connectivity index (χ0) is 14.0. The third kappa shape index (κ3) is 2.81. The van der Waals surface area contributed by atoms with Crippen molar-refractivity contribution >= 4 is 17.3 Å². The molecule has 1 amide bonds. The molecule has 1 saturated heterocycles. The molecule has 0 atom stereocenters.